The van der Waals surface area contributed by atoms with Crippen LogP contribution in [0.2, 0.25) is 0 Å². The van der Waals surface area contributed by atoms with Crippen LogP contribution in [0, 0.1) is 0 Å². The number of benzene rings is 2. The minimum atomic E-state index is -0.0917. The van der Waals surface area contributed by atoms with Crippen LogP contribution in [0.25, 0.3) is 10.8 Å². The van der Waals surface area contributed by atoms with Gasteiger partial charge in [0.1, 0.15) is 5.70 Å². The van der Waals surface area contributed by atoms with Crippen LogP contribution in [0.5, 0.6) is 0 Å². The Balaban J connectivity index is 1.87. The summed E-state index contributed by atoms with van der Waals surface area (Å²) in [5.41, 5.74) is 1.57. The lowest BCUT2D eigenvalue weighted by molar-refractivity contribution is 0.0941. The van der Waals surface area contributed by atoms with Gasteiger partial charge >= 0.3 is 0 Å². The van der Waals surface area contributed by atoms with Gasteiger partial charge in [-0.2, -0.15) is 0 Å². The summed E-state index contributed by atoms with van der Waals surface area (Å²) >= 11 is 3.40. The second kappa shape index (κ2) is 5.60. The lowest BCUT2D eigenvalue weighted by Gasteiger charge is -2.33. The van der Waals surface area contributed by atoms with Crippen LogP contribution in [0.15, 0.2) is 46.6 Å². The lowest BCUT2D eigenvalue weighted by atomic mass is 9.89. The molecule has 2 aromatic rings. The number of hydrogen-bond acceptors (Lipinski definition) is 3. The van der Waals surface area contributed by atoms with Gasteiger partial charge in [-0.25, -0.2) is 0 Å². The Hall–Kier alpha value is -1.94. The van der Waals surface area contributed by atoms with Crippen LogP contribution >= 0.6 is 15.9 Å². The van der Waals surface area contributed by atoms with Crippen molar-refractivity contribution in [1.29, 1.82) is 0 Å². The highest BCUT2D eigenvalue weighted by Gasteiger charge is 2.34. The van der Waals surface area contributed by atoms with Crippen molar-refractivity contribution < 1.29 is 9.59 Å². The molecule has 0 saturated carbocycles. The molecule has 23 heavy (non-hydrogen) atoms. The molecule has 1 aliphatic heterocycles. The largest absolute Gasteiger partial charge is 0.367 e. The molecule has 0 atom stereocenters. The first kappa shape index (κ1) is 14.6. The van der Waals surface area contributed by atoms with Crippen LogP contribution in [0.3, 0.4) is 0 Å². The number of halogens is 1. The quantitative estimate of drug-likeness (QED) is 0.751. The minimum Gasteiger partial charge on any atom is -0.367 e. The molecule has 3 nitrogen and oxygen atoms in total. The molecule has 1 heterocycles. The van der Waals surface area contributed by atoms with Gasteiger partial charge in [0.25, 0.3) is 0 Å². The summed E-state index contributed by atoms with van der Waals surface area (Å²) in [6.45, 7) is 1.68. The van der Waals surface area contributed by atoms with E-state index in [0.29, 0.717) is 21.3 Å². The summed E-state index contributed by atoms with van der Waals surface area (Å²) in [4.78, 5) is 27.9. The predicted molar refractivity (Wildman–Crippen MR) is 94.0 cm³/mol. The van der Waals surface area contributed by atoms with Gasteiger partial charge < -0.3 is 4.90 Å². The summed E-state index contributed by atoms with van der Waals surface area (Å²) in [6.07, 6.45) is 3.32. The number of piperidine rings is 1. The Labute approximate surface area is 143 Å². The van der Waals surface area contributed by atoms with Crippen molar-refractivity contribution in [3.8, 4) is 0 Å². The Kier molecular flexibility index (Phi) is 3.57. The predicted octanol–water partition coefficient (Wildman–Crippen LogP) is 4.31. The number of fused-ring (bicyclic) bond motifs is 2. The standard InChI is InChI=1S/C19H16BrNO2/c20-16-17(21-8-4-1-5-9-21)19(23)15-11-13-7-3-2-6-12(13)10-14(15)18(16)22/h2-3,6-7,10-11H,1,4-5,8-9H2. The van der Waals surface area contributed by atoms with Crippen LogP contribution in [0.1, 0.15) is 40.0 Å². The second-order valence-electron chi connectivity index (χ2n) is 6.11. The van der Waals surface area contributed by atoms with E-state index in [0.717, 1.165) is 36.7 Å². The first-order valence-electron chi connectivity index (χ1n) is 7.94. The van der Waals surface area contributed by atoms with Gasteiger partial charge in [0.05, 0.1) is 4.48 Å². The summed E-state index contributed by atoms with van der Waals surface area (Å²) in [7, 11) is 0. The third kappa shape index (κ3) is 2.32. The third-order valence-electron chi connectivity index (χ3n) is 4.67. The van der Waals surface area contributed by atoms with Crippen molar-refractivity contribution >= 4 is 38.3 Å². The monoisotopic (exact) mass is 369 g/mol. The number of allylic oxidation sites excluding steroid dienone is 2. The summed E-state index contributed by atoms with van der Waals surface area (Å²) in [5.74, 6) is -0.134. The normalized spacial score (nSPS) is 18.6. The number of nitrogens with zero attached hydrogens (tertiary/aromatic N) is 1. The number of carbonyl (C=O) groups excluding carboxylic acids is 2. The number of rotatable bonds is 1. The Morgan fingerprint density at radius 1 is 0.826 bits per heavy atom. The summed E-state index contributed by atoms with van der Waals surface area (Å²) < 4.78 is 0.409. The molecular weight excluding hydrogens is 354 g/mol. The summed E-state index contributed by atoms with van der Waals surface area (Å²) in [5, 5.41) is 1.97. The highest BCUT2D eigenvalue weighted by molar-refractivity contribution is 9.12. The summed E-state index contributed by atoms with van der Waals surface area (Å²) in [6, 6.07) is 11.5. The molecule has 2 aromatic carbocycles. The maximum absolute atomic E-state index is 13.0. The van der Waals surface area contributed by atoms with E-state index in [1.165, 1.54) is 6.42 Å². The van der Waals surface area contributed by atoms with Gasteiger partial charge in [0, 0.05) is 24.2 Å². The molecular formula is C19H16BrNO2. The Morgan fingerprint density at radius 2 is 1.39 bits per heavy atom. The number of Topliss-reactive ketones (excluding diaryl/α,β-unsaturated/α-hetero) is 2. The van der Waals surface area contributed by atoms with Crippen LogP contribution in [-0.2, 0) is 0 Å². The molecule has 1 aliphatic carbocycles. The minimum absolute atomic E-state index is 0.0425. The fourth-order valence-corrected chi connectivity index (χ4v) is 4.11. The zero-order valence-corrected chi connectivity index (χ0v) is 14.2. The fraction of sp³-hybridized carbons (Fsp3) is 0.263. The molecule has 2 aliphatic rings. The first-order chi connectivity index (χ1) is 11.2. The van der Waals surface area contributed by atoms with Crippen molar-refractivity contribution in [3.63, 3.8) is 0 Å². The van der Waals surface area contributed by atoms with Crippen molar-refractivity contribution in [3.05, 3.63) is 57.7 Å². The molecule has 0 spiro atoms. The number of likely N-dealkylation sites (tertiary alicyclic amines) is 1. The molecule has 0 unspecified atom stereocenters. The molecule has 1 saturated heterocycles. The molecule has 4 rings (SSSR count). The van der Waals surface area contributed by atoms with Crippen LogP contribution in [-0.4, -0.2) is 29.6 Å². The van der Waals surface area contributed by atoms with E-state index < -0.39 is 0 Å². The van der Waals surface area contributed by atoms with Crippen LogP contribution in [0.4, 0.5) is 0 Å². The van der Waals surface area contributed by atoms with Gasteiger partial charge in [-0.3, -0.25) is 9.59 Å². The van der Waals surface area contributed by atoms with E-state index in [1.54, 1.807) is 0 Å². The third-order valence-corrected chi connectivity index (χ3v) is 5.41. The smallest absolute Gasteiger partial charge is 0.211 e. The number of ketones is 2. The second-order valence-corrected chi connectivity index (χ2v) is 6.91. The van der Waals surface area contributed by atoms with E-state index >= 15 is 0 Å². The van der Waals surface area contributed by atoms with Crippen LogP contribution < -0.4 is 0 Å². The number of carbonyl (C=O) groups is 2. The molecule has 4 heteroatoms. The number of hydrogen-bond donors (Lipinski definition) is 0. The van der Waals surface area contributed by atoms with E-state index in [2.05, 4.69) is 20.8 Å². The molecule has 0 aromatic heterocycles. The average molecular weight is 370 g/mol. The molecule has 0 radical (unpaired) electrons. The lowest BCUT2D eigenvalue weighted by Crippen LogP contribution is -2.36. The van der Waals surface area contributed by atoms with Crippen molar-refractivity contribution in [2.24, 2.45) is 0 Å². The zero-order valence-electron chi connectivity index (χ0n) is 12.6. The van der Waals surface area contributed by atoms with E-state index in [4.69, 9.17) is 0 Å². The van der Waals surface area contributed by atoms with Gasteiger partial charge in [-0.05, 0) is 58.1 Å². The highest BCUT2D eigenvalue weighted by Crippen LogP contribution is 2.34. The average Bonchev–Trinajstić information content (AvgIpc) is 2.60. The Morgan fingerprint density at radius 3 is 2.00 bits per heavy atom. The van der Waals surface area contributed by atoms with Gasteiger partial charge in [-0.1, -0.05) is 24.3 Å². The highest BCUT2D eigenvalue weighted by atomic mass is 79.9. The topological polar surface area (TPSA) is 37.4 Å². The van der Waals surface area contributed by atoms with E-state index in [9.17, 15) is 9.59 Å². The van der Waals surface area contributed by atoms with Crippen molar-refractivity contribution in [2.75, 3.05) is 13.1 Å². The molecule has 1 fully saturated rings. The maximum Gasteiger partial charge on any atom is 0.211 e. The molecule has 0 bridgehead atoms. The van der Waals surface area contributed by atoms with Gasteiger partial charge in [-0.15, -0.1) is 0 Å². The molecule has 0 amide bonds. The van der Waals surface area contributed by atoms with E-state index in [1.807, 2.05) is 36.4 Å². The van der Waals surface area contributed by atoms with Gasteiger partial charge in [0.2, 0.25) is 11.6 Å². The fourth-order valence-electron chi connectivity index (χ4n) is 3.47. The van der Waals surface area contributed by atoms with Crippen molar-refractivity contribution in [2.45, 2.75) is 19.3 Å². The SMILES string of the molecule is O=C1C(Br)=C(N2CCCCC2)C(=O)c2cc3ccccc3cc21. The Bertz CT molecular complexity index is 863. The van der Waals surface area contributed by atoms with Crippen molar-refractivity contribution in [1.82, 2.24) is 4.90 Å². The van der Waals surface area contributed by atoms with E-state index in [-0.39, 0.29) is 11.6 Å². The maximum atomic E-state index is 13.0. The zero-order chi connectivity index (χ0) is 16.0. The molecule has 0 N–H and O–H groups in total. The van der Waals surface area contributed by atoms with Gasteiger partial charge in [0.15, 0.2) is 0 Å². The first-order valence-corrected chi connectivity index (χ1v) is 8.73. The molecule has 116 valence electrons.